The van der Waals surface area contributed by atoms with Crippen molar-refractivity contribution in [1.82, 2.24) is 9.55 Å². The summed E-state index contributed by atoms with van der Waals surface area (Å²) >= 11 is 0. The number of hydrogen-bond acceptors (Lipinski definition) is 7. The highest BCUT2D eigenvalue weighted by Gasteiger charge is 2.40. The molecule has 9 nitrogen and oxygen atoms in total. The molecule has 0 spiro atoms. The zero-order valence-corrected chi connectivity index (χ0v) is 16.9. The van der Waals surface area contributed by atoms with Crippen molar-refractivity contribution in [3.8, 4) is 11.6 Å². The number of aromatic nitrogens is 2. The maximum absolute atomic E-state index is 13.0. The molecule has 10 heteroatoms. The molecule has 0 N–H and O–H groups in total. The van der Waals surface area contributed by atoms with Crippen molar-refractivity contribution in [3.05, 3.63) is 72.7 Å². The lowest BCUT2D eigenvalue weighted by Gasteiger charge is -2.33. The first-order valence-electron chi connectivity index (χ1n) is 9.07. The summed E-state index contributed by atoms with van der Waals surface area (Å²) < 4.78 is 45.1. The van der Waals surface area contributed by atoms with Crippen molar-refractivity contribution in [2.24, 2.45) is 7.05 Å². The number of hydrogen-bond donors (Lipinski definition) is 0. The van der Waals surface area contributed by atoms with Gasteiger partial charge in [0.2, 0.25) is 5.88 Å². The summed E-state index contributed by atoms with van der Waals surface area (Å²) in [5.74, 6) is 0.537. The van der Waals surface area contributed by atoms with E-state index in [0.29, 0.717) is 5.56 Å². The Balaban J connectivity index is 1.56. The molecule has 3 aromatic rings. The first kappa shape index (κ1) is 19.8. The number of fused-ring (bicyclic) bond motifs is 1. The van der Waals surface area contributed by atoms with E-state index in [1.54, 1.807) is 72.7 Å². The van der Waals surface area contributed by atoms with Gasteiger partial charge in [0.15, 0.2) is 0 Å². The number of benzene rings is 2. The quantitative estimate of drug-likeness (QED) is 0.575. The Morgan fingerprint density at radius 2 is 1.90 bits per heavy atom. The number of nitrogens with zero attached hydrogens (tertiary/aromatic N) is 3. The van der Waals surface area contributed by atoms with Crippen LogP contribution in [0.5, 0.6) is 11.6 Å². The number of sulfonamides is 1. The number of aryl methyl sites for hydroxylation is 1. The Kier molecular flexibility index (Phi) is 5.32. The average molecular weight is 429 g/mol. The summed E-state index contributed by atoms with van der Waals surface area (Å²) in [7, 11) is -2.70. The minimum atomic E-state index is -4.48. The van der Waals surface area contributed by atoms with E-state index in [4.69, 9.17) is 14.2 Å². The largest absolute Gasteiger partial charge is 0.451 e. The highest BCUT2D eigenvalue weighted by atomic mass is 32.2. The summed E-state index contributed by atoms with van der Waals surface area (Å²) in [6.07, 6.45) is 2.17. The summed E-state index contributed by atoms with van der Waals surface area (Å²) in [5, 5.41) is -1.35. The van der Waals surface area contributed by atoms with E-state index in [-0.39, 0.29) is 30.5 Å². The van der Waals surface area contributed by atoms with Crippen molar-refractivity contribution < 1.29 is 27.4 Å². The van der Waals surface area contributed by atoms with Gasteiger partial charge in [-0.1, -0.05) is 42.5 Å². The topological polar surface area (TPSA) is 100.0 Å². The molecule has 0 fully saturated rings. The average Bonchev–Trinajstić information content (AvgIpc) is 3.16. The normalized spacial score (nSPS) is 15.8. The number of rotatable bonds is 5. The van der Waals surface area contributed by atoms with Crippen LogP contribution in [-0.4, -0.2) is 36.1 Å². The van der Waals surface area contributed by atoms with Gasteiger partial charge in [0.05, 0.1) is 18.2 Å². The second-order valence-corrected chi connectivity index (χ2v) is 8.30. The first-order valence-corrected chi connectivity index (χ1v) is 10.5. The molecule has 1 aliphatic heterocycles. The van der Waals surface area contributed by atoms with Crippen LogP contribution in [0.15, 0.2) is 67.1 Å². The summed E-state index contributed by atoms with van der Waals surface area (Å²) in [4.78, 5) is 16.5. The zero-order valence-electron chi connectivity index (χ0n) is 16.0. The fraction of sp³-hybridized carbons (Fsp3) is 0.200. The van der Waals surface area contributed by atoms with E-state index >= 15 is 0 Å². The van der Waals surface area contributed by atoms with Crippen LogP contribution in [0.3, 0.4) is 0 Å². The van der Waals surface area contributed by atoms with E-state index in [1.807, 2.05) is 6.07 Å². The minimum Gasteiger partial charge on any atom is -0.451 e. The Bertz CT molecular complexity index is 1150. The van der Waals surface area contributed by atoms with Gasteiger partial charge in [-0.15, -0.1) is 0 Å². The van der Waals surface area contributed by atoms with Gasteiger partial charge in [0, 0.05) is 7.05 Å². The molecule has 0 unspecified atom stereocenters. The number of anilines is 1. The SMILES string of the molecule is Cn1cnc(O[C@H]2CN(S(=O)(=O)C(=O)OCc3ccccc3)c3ccccc3O2)c1. The van der Waals surface area contributed by atoms with Gasteiger partial charge in [0.25, 0.3) is 6.29 Å². The van der Waals surface area contributed by atoms with Crippen LogP contribution in [0.1, 0.15) is 5.56 Å². The number of ether oxygens (including phenoxy) is 3. The molecule has 1 aromatic heterocycles. The van der Waals surface area contributed by atoms with Gasteiger partial charge in [-0.2, -0.15) is 8.42 Å². The molecule has 0 aliphatic carbocycles. The van der Waals surface area contributed by atoms with Crippen LogP contribution in [0.25, 0.3) is 0 Å². The maximum Gasteiger partial charge on any atom is 0.445 e. The van der Waals surface area contributed by atoms with Gasteiger partial charge < -0.3 is 18.8 Å². The summed E-state index contributed by atoms with van der Waals surface area (Å²) in [6.45, 7) is -0.394. The molecule has 2 aromatic carbocycles. The molecule has 0 amide bonds. The number of carbonyl (C=O) groups is 1. The highest BCUT2D eigenvalue weighted by molar-refractivity contribution is 8.06. The zero-order chi connectivity index (χ0) is 21.1. The van der Waals surface area contributed by atoms with Crippen LogP contribution in [0.2, 0.25) is 0 Å². The van der Waals surface area contributed by atoms with Crippen LogP contribution in [-0.2, 0) is 28.4 Å². The molecular formula is C20H19N3O6S. The Labute approximate surface area is 173 Å². The fourth-order valence-electron chi connectivity index (χ4n) is 2.93. The Morgan fingerprint density at radius 1 is 1.17 bits per heavy atom. The van der Waals surface area contributed by atoms with Crippen LogP contribution < -0.4 is 13.8 Å². The molecule has 0 saturated heterocycles. The molecule has 0 bridgehead atoms. The standard InChI is InChI=1S/C20H19N3O6S/c1-22-11-18(21-14-22)29-19-12-23(16-9-5-6-10-17(16)28-19)30(25,26)20(24)27-13-15-7-3-2-4-8-15/h2-11,14,19H,12-13H2,1H3/t19-/m0/s1. The number of para-hydroxylation sites is 2. The summed E-state index contributed by atoms with van der Waals surface area (Å²) in [5.41, 5.74) is 0.912. The molecule has 156 valence electrons. The van der Waals surface area contributed by atoms with Crippen LogP contribution in [0.4, 0.5) is 10.5 Å². The lowest BCUT2D eigenvalue weighted by atomic mass is 10.2. The van der Waals surface area contributed by atoms with Crippen molar-refractivity contribution in [2.45, 2.75) is 12.9 Å². The molecular weight excluding hydrogens is 410 g/mol. The smallest absolute Gasteiger partial charge is 0.445 e. The predicted molar refractivity (Wildman–Crippen MR) is 108 cm³/mol. The first-order chi connectivity index (χ1) is 14.4. The van der Waals surface area contributed by atoms with E-state index in [2.05, 4.69) is 4.98 Å². The van der Waals surface area contributed by atoms with Crippen molar-refractivity contribution in [1.29, 1.82) is 0 Å². The van der Waals surface area contributed by atoms with Crippen LogP contribution >= 0.6 is 0 Å². The van der Waals surface area contributed by atoms with Gasteiger partial charge in [-0.3, -0.25) is 0 Å². The van der Waals surface area contributed by atoms with E-state index in [9.17, 15) is 13.2 Å². The second-order valence-electron chi connectivity index (χ2n) is 6.57. The molecule has 2 heterocycles. The third-order valence-corrected chi connectivity index (χ3v) is 5.81. The minimum absolute atomic E-state index is 0.154. The Hall–Kier alpha value is -3.53. The highest BCUT2D eigenvalue weighted by Crippen LogP contribution is 2.35. The van der Waals surface area contributed by atoms with Crippen LogP contribution in [0, 0.1) is 0 Å². The third kappa shape index (κ3) is 4.08. The number of carbonyl (C=O) groups excluding carboxylic acids is 1. The fourth-order valence-corrected chi connectivity index (χ4v) is 4.05. The van der Waals surface area contributed by atoms with E-state index in [0.717, 1.165) is 4.31 Å². The van der Waals surface area contributed by atoms with Gasteiger partial charge in [-0.25, -0.2) is 14.1 Å². The number of imidazole rings is 1. The monoisotopic (exact) mass is 429 g/mol. The van der Waals surface area contributed by atoms with Gasteiger partial charge in [0.1, 0.15) is 18.9 Å². The lowest BCUT2D eigenvalue weighted by Crippen LogP contribution is -2.48. The summed E-state index contributed by atoms with van der Waals surface area (Å²) in [6, 6.07) is 15.3. The molecule has 1 aliphatic rings. The van der Waals surface area contributed by atoms with Crippen molar-refractivity contribution in [3.63, 3.8) is 0 Å². The second kappa shape index (κ2) is 8.07. The maximum atomic E-state index is 13.0. The van der Waals surface area contributed by atoms with E-state index in [1.165, 1.54) is 0 Å². The van der Waals surface area contributed by atoms with Crippen molar-refractivity contribution >= 4 is 21.0 Å². The third-order valence-electron chi connectivity index (χ3n) is 4.34. The Morgan fingerprint density at radius 3 is 2.63 bits per heavy atom. The molecule has 1 atom stereocenters. The molecule has 4 rings (SSSR count). The van der Waals surface area contributed by atoms with Crippen molar-refractivity contribution in [2.75, 3.05) is 10.8 Å². The van der Waals surface area contributed by atoms with E-state index < -0.39 is 21.6 Å². The molecule has 30 heavy (non-hydrogen) atoms. The molecule has 0 radical (unpaired) electrons. The predicted octanol–water partition coefficient (Wildman–Crippen LogP) is 2.69. The van der Waals surface area contributed by atoms with Gasteiger partial charge in [-0.05, 0) is 17.7 Å². The molecule has 0 saturated carbocycles. The van der Waals surface area contributed by atoms with Gasteiger partial charge >= 0.3 is 15.3 Å². The lowest BCUT2D eigenvalue weighted by molar-refractivity contribution is 0.00575.